The Morgan fingerprint density at radius 3 is 2.81 bits per heavy atom. The van der Waals surface area contributed by atoms with Crippen LogP contribution in [0.3, 0.4) is 0 Å². The molecule has 16 heavy (non-hydrogen) atoms. The molecule has 1 unspecified atom stereocenters. The van der Waals surface area contributed by atoms with Crippen molar-refractivity contribution in [3.05, 3.63) is 28.8 Å². The van der Waals surface area contributed by atoms with E-state index < -0.39 is 0 Å². The van der Waals surface area contributed by atoms with Crippen molar-refractivity contribution in [2.75, 3.05) is 6.61 Å². The number of hydrogen-bond donors (Lipinski definition) is 0. The summed E-state index contributed by atoms with van der Waals surface area (Å²) in [5, 5.41) is 0.494. The monoisotopic (exact) mass is 240 g/mol. The summed E-state index contributed by atoms with van der Waals surface area (Å²) in [7, 11) is 0. The van der Waals surface area contributed by atoms with E-state index in [0.717, 1.165) is 19.1 Å². The molecule has 0 bridgehead atoms. The molecule has 0 saturated heterocycles. The smallest absolute Gasteiger partial charge is 0.150 e. The molecular weight excluding hydrogens is 224 g/mol. The van der Waals surface area contributed by atoms with Crippen LogP contribution in [-0.2, 0) is 0 Å². The summed E-state index contributed by atoms with van der Waals surface area (Å²) in [5.74, 6) is 1.17. The van der Waals surface area contributed by atoms with E-state index in [1.807, 2.05) is 0 Å². The van der Waals surface area contributed by atoms with E-state index >= 15 is 0 Å². The van der Waals surface area contributed by atoms with E-state index in [1.54, 1.807) is 18.2 Å². The summed E-state index contributed by atoms with van der Waals surface area (Å²) in [4.78, 5) is 10.5. The zero-order chi connectivity index (χ0) is 12.0. The van der Waals surface area contributed by atoms with E-state index in [9.17, 15) is 4.79 Å². The van der Waals surface area contributed by atoms with Crippen molar-refractivity contribution in [3.8, 4) is 5.75 Å². The van der Waals surface area contributed by atoms with Gasteiger partial charge in [-0.1, -0.05) is 31.9 Å². The van der Waals surface area contributed by atoms with Gasteiger partial charge in [0.1, 0.15) is 12.0 Å². The first-order valence-corrected chi connectivity index (χ1v) is 5.92. The molecule has 0 aliphatic heterocycles. The number of rotatable bonds is 6. The quantitative estimate of drug-likeness (QED) is 0.704. The second-order valence-corrected chi connectivity index (χ2v) is 4.42. The van der Waals surface area contributed by atoms with Gasteiger partial charge in [-0.3, -0.25) is 4.79 Å². The third-order valence-corrected chi connectivity index (χ3v) is 2.69. The van der Waals surface area contributed by atoms with Gasteiger partial charge >= 0.3 is 0 Å². The fourth-order valence-electron chi connectivity index (χ4n) is 1.52. The highest BCUT2D eigenvalue weighted by atomic mass is 35.5. The van der Waals surface area contributed by atoms with E-state index in [1.165, 1.54) is 0 Å². The van der Waals surface area contributed by atoms with Gasteiger partial charge < -0.3 is 4.74 Å². The van der Waals surface area contributed by atoms with Crippen LogP contribution in [0.15, 0.2) is 18.2 Å². The molecule has 1 aromatic rings. The normalized spacial score (nSPS) is 12.2. The SMILES string of the molecule is CCCC(C)COc1ccc(C=O)cc1Cl. The van der Waals surface area contributed by atoms with Gasteiger partial charge in [0.25, 0.3) is 0 Å². The molecule has 3 heteroatoms. The van der Waals surface area contributed by atoms with Crippen molar-refractivity contribution in [2.24, 2.45) is 5.92 Å². The first-order chi connectivity index (χ1) is 7.67. The lowest BCUT2D eigenvalue weighted by Gasteiger charge is -2.13. The van der Waals surface area contributed by atoms with Crippen LogP contribution < -0.4 is 4.74 Å². The first kappa shape index (κ1) is 13.0. The Labute approximate surface area is 102 Å². The Kier molecular flexibility index (Phi) is 5.33. The zero-order valence-electron chi connectivity index (χ0n) is 9.70. The molecule has 2 nitrogen and oxygen atoms in total. The molecule has 1 aromatic carbocycles. The number of hydrogen-bond acceptors (Lipinski definition) is 2. The number of carbonyl (C=O) groups is 1. The maximum Gasteiger partial charge on any atom is 0.150 e. The van der Waals surface area contributed by atoms with Crippen molar-refractivity contribution in [2.45, 2.75) is 26.7 Å². The van der Waals surface area contributed by atoms with Crippen molar-refractivity contribution >= 4 is 17.9 Å². The second-order valence-electron chi connectivity index (χ2n) is 4.01. The third kappa shape index (κ3) is 3.86. The third-order valence-electron chi connectivity index (χ3n) is 2.40. The minimum Gasteiger partial charge on any atom is -0.492 e. The molecule has 0 aromatic heterocycles. The molecule has 1 rings (SSSR count). The number of ether oxygens (including phenoxy) is 1. The molecule has 0 aliphatic rings. The highest BCUT2D eigenvalue weighted by Crippen LogP contribution is 2.25. The average Bonchev–Trinajstić information content (AvgIpc) is 2.27. The minimum atomic E-state index is 0.494. The summed E-state index contributed by atoms with van der Waals surface area (Å²) < 4.78 is 5.60. The summed E-state index contributed by atoms with van der Waals surface area (Å²) >= 11 is 5.98. The van der Waals surface area contributed by atoms with Crippen molar-refractivity contribution < 1.29 is 9.53 Å². The van der Waals surface area contributed by atoms with Crippen LogP contribution >= 0.6 is 11.6 Å². The van der Waals surface area contributed by atoms with Gasteiger partial charge in [0.15, 0.2) is 0 Å². The van der Waals surface area contributed by atoms with Crippen LogP contribution in [0.4, 0.5) is 0 Å². The standard InChI is InChI=1S/C13H17ClO2/c1-3-4-10(2)9-16-13-6-5-11(8-15)7-12(13)14/h5-8,10H,3-4,9H2,1-2H3. The predicted molar refractivity (Wildman–Crippen MR) is 66.4 cm³/mol. The van der Waals surface area contributed by atoms with Gasteiger partial charge in [-0.2, -0.15) is 0 Å². The Bertz CT molecular complexity index is 350. The van der Waals surface area contributed by atoms with Crippen LogP contribution in [0.2, 0.25) is 5.02 Å². The maximum atomic E-state index is 10.5. The number of halogens is 1. The molecular formula is C13H17ClO2. The molecule has 0 fully saturated rings. The van der Waals surface area contributed by atoms with Crippen LogP contribution in [0.1, 0.15) is 37.0 Å². The Hall–Kier alpha value is -1.02. The van der Waals surface area contributed by atoms with E-state index in [-0.39, 0.29) is 0 Å². The highest BCUT2D eigenvalue weighted by molar-refractivity contribution is 6.32. The van der Waals surface area contributed by atoms with Crippen LogP contribution in [0, 0.1) is 5.92 Å². The van der Waals surface area contributed by atoms with Gasteiger partial charge in [0.05, 0.1) is 11.6 Å². The molecule has 1 atom stereocenters. The largest absolute Gasteiger partial charge is 0.492 e. The highest BCUT2D eigenvalue weighted by Gasteiger charge is 2.05. The van der Waals surface area contributed by atoms with Gasteiger partial charge in [-0.25, -0.2) is 0 Å². The molecule has 0 saturated carbocycles. The Morgan fingerprint density at radius 2 is 2.25 bits per heavy atom. The predicted octanol–water partition coefficient (Wildman–Crippen LogP) is 3.97. The molecule has 0 aliphatic carbocycles. The van der Waals surface area contributed by atoms with Crippen LogP contribution in [-0.4, -0.2) is 12.9 Å². The lowest BCUT2D eigenvalue weighted by Crippen LogP contribution is -2.08. The average molecular weight is 241 g/mol. The van der Waals surface area contributed by atoms with Crippen LogP contribution in [0.25, 0.3) is 0 Å². The molecule has 0 spiro atoms. The lowest BCUT2D eigenvalue weighted by molar-refractivity contribution is 0.112. The Balaban J connectivity index is 2.57. The number of benzene rings is 1. The molecule has 88 valence electrons. The summed E-state index contributed by atoms with van der Waals surface area (Å²) in [5.41, 5.74) is 0.568. The summed E-state index contributed by atoms with van der Waals surface area (Å²) in [6.45, 7) is 4.97. The van der Waals surface area contributed by atoms with E-state index in [2.05, 4.69) is 13.8 Å². The van der Waals surface area contributed by atoms with Crippen molar-refractivity contribution in [3.63, 3.8) is 0 Å². The fraction of sp³-hybridized carbons (Fsp3) is 0.462. The second kappa shape index (κ2) is 6.54. The van der Waals surface area contributed by atoms with Gasteiger partial charge in [-0.05, 0) is 30.5 Å². The molecule has 0 radical (unpaired) electrons. The maximum absolute atomic E-state index is 10.5. The topological polar surface area (TPSA) is 26.3 Å². The van der Waals surface area contributed by atoms with Gasteiger partial charge in [0.2, 0.25) is 0 Å². The van der Waals surface area contributed by atoms with Gasteiger partial charge in [-0.15, -0.1) is 0 Å². The minimum absolute atomic E-state index is 0.494. The first-order valence-electron chi connectivity index (χ1n) is 5.55. The van der Waals surface area contributed by atoms with E-state index in [4.69, 9.17) is 16.3 Å². The van der Waals surface area contributed by atoms with Crippen molar-refractivity contribution in [1.82, 2.24) is 0 Å². The fourth-order valence-corrected chi connectivity index (χ4v) is 1.76. The number of carbonyl (C=O) groups excluding carboxylic acids is 1. The Morgan fingerprint density at radius 1 is 1.50 bits per heavy atom. The van der Waals surface area contributed by atoms with E-state index in [0.29, 0.717) is 28.9 Å². The van der Waals surface area contributed by atoms with Gasteiger partial charge in [0, 0.05) is 5.56 Å². The zero-order valence-corrected chi connectivity index (χ0v) is 10.5. The molecule has 0 N–H and O–H groups in total. The summed E-state index contributed by atoms with van der Waals surface area (Å²) in [6, 6.07) is 5.07. The lowest BCUT2D eigenvalue weighted by atomic mass is 10.1. The molecule has 0 heterocycles. The van der Waals surface area contributed by atoms with Crippen LogP contribution in [0.5, 0.6) is 5.75 Å². The molecule has 0 amide bonds. The number of aldehydes is 1. The van der Waals surface area contributed by atoms with Crippen molar-refractivity contribution in [1.29, 1.82) is 0 Å². The summed E-state index contributed by atoms with van der Waals surface area (Å²) in [6.07, 6.45) is 3.07.